The summed E-state index contributed by atoms with van der Waals surface area (Å²) in [5.74, 6) is -0.685. The van der Waals surface area contributed by atoms with Crippen LogP contribution < -0.4 is 10.9 Å². The van der Waals surface area contributed by atoms with Crippen LogP contribution >= 0.6 is 23.5 Å². The lowest BCUT2D eigenvalue weighted by Crippen LogP contribution is -2.47. The molecule has 3 amide bonds. The van der Waals surface area contributed by atoms with Gasteiger partial charge < -0.3 is 4.90 Å². The third kappa shape index (κ3) is 4.92. The third-order valence-corrected chi connectivity index (χ3v) is 4.66. The van der Waals surface area contributed by atoms with Gasteiger partial charge in [-0.2, -0.15) is 0 Å². The molecule has 0 bridgehead atoms. The summed E-state index contributed by atoms with van der Waals surface area (Å²) >= 11 is 2.19. The number of benzene rings is 1. The third-order valence-electron chi connectivity index (χ3n) is 2.72. The molecule has 118 valence electrons. The van der Waals surface area contributed by atoms with Crippen molar-refractivity contribution in [3.63, 3.8) is 0 Å². The molecule has 1 aromatic carbocycles. The number of nitrogens with one attached hydrogen (secondary N) is 2. The Balaban J connectivity index is 1.68. The Hall–Kier alpha value is -1.74. The highest BCUT2D eigenvalue weighted by Gasteiger charge is 2.23. The van der Waals surface area contributed by atoms with E-state index in [0.29, 0.717) is 17.2 Å². The summed E-state index contributed by atoms with van der Waals surface area (Å²) < 4.78 is 13.4. The van der Waals surface area contributed by atoms with Crippen LogP contribution in [0.4, 0.5) is 9.18 Å². The fourth-order valence-electron chi connectivity index (χ4n) is 1.66. The van der Waals surface area contributed by atoms with Crippen molar-refractivity contribution < 1.29 is 18.8 Å². The Bertz CT molecular complexity index is 585. The van der Waals surface area contributed by atoms with Gasteiger partial charge in [0, 0.05) is 17.2 Å². The molecular formula is C13H14FN3O3S2. The molecule has 1 aliphatic rings. The Labute approximate surface area is 135 Å². The Morgan fingerprint density at radius 2 is 2.00 bits per heavy atom. The number of hydrogen-bond donors (Lipinski definition) is 2. The van der Waals surface area contributed by atoms with Gasteiger partial charge in [0.1, 0.15) is 12.4 Å². The van der Waals surface area contributed by atoms with Crippen LogP contribution in [0.5, 0.6) is 0 Å². The lowest BCUT2D eigenvalue weighted by Gasteiger charge is -2.14. The van der Waals surface area contributed by atoms with Gasteiger partial charge in [0.25, 0.3) is 11.1 Å². The second-order valence-electron chi connectivity index (χ2n) is 4.35. The highest BCUT2D eigenvalue weighted by molar-refractivity contribution is 8.13. The van der Waals surface area contributed by atoms with E-state index >= 15 is 0 Å². The van der Waals surface area contributed by atoms with E-state index in [1.807, 2.05) is 0 Å². The molecule has 22 heavy (non-hydrogen) atoms. The van der Waals surface area contributed by atoms with Crippen molar-refractivity contribution in [3.8, 4) is 0 Å². The molecule has 0 atom stereocenters. The number of nitrogens with zero attached hydrogens (tertiary/aromatic N) is 1. The van der Waals surface area contributed by atoms with Gasteiger partial charge in [-0.3, -0.25) is 25.2 Å². The van der Waals surface area contributed by atoms with Crippen molar-refractivity contribution in [1.82, 2.24) is 15.8 Å². The van der Waals surface area contributed by atoms with E-state index in [4.69, 9.17) is 0 Å². The van der Waals surface area contributed by atoms with Crippen LogP contribution in [0.1, 0.15) is 0 Å². The standard InChI is InChI=1S/C13H14FN3O3S2/c14-9-3-1-2-4-10(9)22-8-12(19)16-15-11(18)7-17-5-6-21-13(17)20/h1-4H,5-8H2,(H,15,18)(H,16,19). The van der Waals surface area contributed by atoms with Crippen LogP contribution in [-0.4, -0.2) is 46.5 Å². The predicted octanol–water partition coefficient (Wildman–Crippen LogP) is 1.23. The zero-order chi connectivity index (χ0) is 15.9. The molecule has 1 saturated heterocycles. The van der Waals surface area contributed by atoms with E-state index in [-0.39, 0.29) is 17.5 Å². The van der Waals surface area contributed by atoms with Gasteiger partial charge in [0.2, 0.25) is 5.91 Å². The number of carbonyl (C=O) groups excluding carboxylic acids is 3. The number of thioether (sulfide) groups is 2. The average molecular weight is 343 g/mol. The van der Waals surface area contributed by atoms with Crippen molar-refractivity contribution in [2.75, 3.05) is 24.6 Å². The molecule has 1 heterocycles. The van der Waals surface area contributed by atoms with Crippen molar-refractivity contribution >= 4 is 40.6 Å². The number of hydrazine groups is 1. The molecule has 1 aliphatic heterocycles. The van der Waals surface area contributed by atoms with Gasteiger partial charge in [0.15, 0.2) is 0 Å². The maximum Gasteiger partial charge on any atom is 0.282 e. The summed E-state index contributed by atoms with van der Waals surface area (Å²) in [5, 5.41) is -0.142. The highest BCUT2D eigenvalue weighted by atomic mass is 32.2. The van der Waals surface area contributed by atoms with Gasteiger partial charge in [-0.25, -0.2) is 4.39 Å². The van der Waals surface area contributed by atoms with Gasteiger partial charge >= 0.3 is 0 Å². The van der Waals surface area contributed by atoms with E-state index in [2.05, 4.69) is 10.9 Å². The molecule has 6 nitrogen and oxygen atoms in total. The summed E-state index contributed by atoms with van der Waals surface area (Å²) in [6, 6.07) is 6.13. The Morgan fingerprint density at radius 3 is 2.68 bits per heavy atom. The van der Waals surface area contributed by atoms with E-state index in [1.54, 1.807) is 18.2 Å². The largest absolute Gasteiger partial charge is 0.323 e. The first-order valence-electron chi connectivity index (χ1n) is 6.43. The molecule has 9 heteroatoms. The molecule has 0 spiro atoms. The van der Waals surface area contributed by atoms with E-state index < -0.39 is 17.6 Å². The van der Waals surface area contributed by atoms with Gasteiger partial charge in [-0.05, 0) is 12.1 Å². The predicted molar refractivity (Wildman–Crippen MR) is 82.8 cm³/mol. The molecule has 0 aliphatic carbocycles. The fraction of sp³-hybridized carbons (Fsp3) is 0.308. The Morgan fingerprint density at radius 1 is 1.27 bits per heavy atom. The number of carbonyl (C=O) groups is 3. The minimum atomic E-state index is -0.472. The molecular weight excluding hydrogens is 329 g/mol. The van der Waals surface area contributed by atoms with E-state index in [1.165, 1.54) is 11.0 Å². The average Bonchev–Trinajstić information content (AvgIpc) is 2.89. The van der Waals surface area contributed by atoms with Crippen LogP contribution in [0, 0.1) is 5.82 Å². The zero-order valence-electron chi connectivity index (χ0n) is 11.5. The summed E-state index contributed by atoms with van der Waals surface area (Å²) in [7, 11) is 0. The first-order chi connectivity index (χ1) is 10.6. The normalized spacial score (nSPS) is 14.0. The monoisotopic (exact) mass is 343 g/mol. The quantitative estimate of drug-likeness (QED) is 0.621. The molecule has 1 aromatic rings. The van der Waals surface area contributed by atoms with E-state index in [9.17, 15) is 18.8 Å². The molecule has 0 radical (unpaired) electrons. The van der Waals surface area contributed by atoms with Gasteiger partial charge in [-0.15, -0.1) is 11.8 Å². The summed E-state index contributed by atoms with van der Waals surface area (Å²) in [6.07, 6.45) is 0. The Kier molecular flexibility index (Phi) is 6.08. The lowest BCUT2D eigenvalue weighted by molar-refractivity contribution is -0.127. The highest BCUT2D eigenvalue weighted by Crippen LogP contribution is 2.20. The maximum absolute atomic E-state index is 13.4. The summed E-state index contributed by atoms with van der Waals surface area (Å²) in [4.78, 5) is 36.3. The van der Waals surface area contributed by atoms with Crippen molar-refractivity contribution in [2.45, 2.75) is 4.90 Å². The van der Waals surface area contributed by atoms with Crippen LogP contribution in [-0.2, 0) is 9.59 Å². The van der Waals surface area contributed by atoms with Crippen LogP contribution in [0.15, 0.2) is 29.2 Å². The number of amides is 3. The maximum atomic E-state index is 13.4. The molecule has 2 N–H and O–H groups in total. The minimum Gasteiger partial charge on any atom is -0.323 e. The molecule has 0 aromatic heterocycles. The van der Waals surface area contributed by atoms with Crippen molar-refractivity contribution in [2.24, 2.45) is 0 Å². The lowest BCUT2D eigenvalue weighted by atomic mass is 10.3. The fourth-order valence-corrected chi connectivity index (χ4v) is 3.23. The first-order valence-corrected chi connectivity index (χ1v) is 8.40. The first kappa shape index (κ1) is 16.6. The zero-order valence-corrected chi connectivity index (χ0v) is 13.1. The molecule has 1 fully saturated rings. The van der Waals surface area contributed by atoms with Gasteiger partial charge in [-0.1, -0.05) is 23.9 Å². The van der Waals surface area contributed by atoms with E-state index in [0.717, 1.165) is 23.5 Å². The smallest absolute Gasteiger partial charge is 0.282 e. The summed E-state index contributed by atoms with van der Waals surface area (Å²) in [5.41, 5.74) is 4.47. The topological polar surface area (TPSA) is 78.5 Å². The van der Waals surface area contributed by atoms with Crippen molar-refractivity contribution in [3.05, 3.63) is 30.1 Å². The van der Waals surface area contributed by atoms with Crippen molar-refractivity contribution in [1.29, 1.82) is 0 Å². The molecule has 0 saturated carbocycles. The molecule has 0 unspecified atom stereocenters. The van der Waals surface area contributed by atoms with Crippen LogP contribution in [0.25, 0.3) is 0 Å². The number of halogens is 1. The molecule has 2 rings (SSSR count). The number of hydrogen-bond acceptors (Lipinski definition) is 5. The second kappa shape index (κ2) is 8.04. The minimum absolute atomic E-state index is 0.0281. The van der Waals surface area contributed by atoms with Crippen LogP contribution in [0.2, 0.25) is 0 Å². The number of rotatable bonds is 5. The van der Waals surface area contributed by atoms with Gasteiger partial charge in [0.05, 0.1) is 5.75 Å². The van der Waals surface area contributed by atoms with Crippen LogP contribution in [0.3, 0.4) is 0 Å². The second-order valence-corrected chi connectivity index (χ2v) is 6.41. The summed E-state index contributed by atoms with van der Waals surface area (Å²) in [6.45, 7) is 0.431. The SMILES string of the molecule is O=C(CSc1ccccc1F)NNC(=O)CN1CCSC1=O.